The summed E-state index contributed by atoms with van der Waals surface area (Å²) >= 11 is 5.30. The van der Waals surface area contributed by atoms with Crippen molar-refractivity contribution in [2.45, 2.75) is 13.3 Å². The molecule has 0 amide bonds. The lowest BCUT2D eigenvalue weighted by Gasteiger charge is -2.03. The number of rotatable bonds is 3. The Kier molecular flexibility index (Phi) is 4.07. The van der Waals surface area contributed by atoms with Gasteiger partial charge in [0.25, 0.3) is 0 Å². The number of nitrogens with one attached hydrogen (secondary N) is 1. The third-order valence-corrected chi connectivity index (χ3v) is 1.42. The summed E-state index contributed by atoms with van der Waals surface area (Å²) in [4.78, 5) is 0. The van der Waals surface area contributed by atoms with Crippen molar-refractivity contribution in [3.63, 3.8) is 0 Å². The molecule has 0 spiro atoms. The molecule has 0 saturated carbocycles. The van der Waals surface area contributed by atoms with Crippen LogP contribution in [0.1, 0.15) is 13.3 Å². The Hall–Kier alpha value is -0.540. The van der Waals surface area contributed by atoms with Crippen LogP contribution in [0.4, 0.5) is 0 Å². The van der Waals surface area contributed by atoms with Crippen LogP contribution < -0.4 is 5.73 Å². The van der Waals surface area contributed by atoms with Crippen molar-refractivity contribution < 1.29 is 5.11 Å². The number of nitrogens with two attached hydrogens (primary N) is 1. The van der Waals surface area contributed by atoms with E-state index in [2.05, 4.69) is 0 Å². The van der Waals surface area contributed by atoms with Crippen LogP contribution in [0.3, 0.4) is 0 Å². The van der Waals surface area contributed by atoms with Gasteiger partial charge in [-0.25, -0.2) is 0 Å². The minimum absolute atomic E-state index is 0.179. The molecule has 4 heteroatoms. The van der Waals surface area contributed by atoms with Crippen molar-refractivity contribution in [2.24, 2.45) is 5.73 Å². The number of hydrogen-bond donors (Lipinski definition) is 3. The van der Waals surface area contributed by atoms with Crippen LogP contribution in [0.5, 0.6) is 0 Å². The van der Waals surface area contributed by atoms with Gasteiger partial charge in [-0.1, -0.05) is 18.5 Å². The van der Waals surface area contributed by atoms with Crippen LogP contribution in [-0.4, -0.2) is 16.9 Å². The van der Waals surface area contributed by atoms with Gasteiger partial charge in [-0.2, -0.15) is 0 Å². The SMILES string of the molecule is CCC(N)=C(CO)C(=N)Cl. The maximum absolute atomic E-state index is 8.63. The van der Waals surface area contributed by atoms with Gasteiger partial charge >= 0.3 is 0 Å². The Labute approximate surface area is 65.0 Å². The summed E-state index contributed by atoms with van der Waals surface area (Å²) in [6.45, 7) is 1.58. The third-order valence-electron chi connectivity index (χ3n) is 1.19. The van der Waals surface area contributed by atoms with E-state index >= 15 is 0 Å². The molecule has 4 N–H and O–H groups in total. The normalized spacial score (nSPS) is 12.7. The molecule has 0 fully saturated rings. The average Bonchev–Trinajstić information content (AvgIpc) is 1.88. The fraction of sp³-hybridized carbons (Fsp3) is 0.500. The highest BCUT2D eigenvalue weighted by Gasteiger charge is 2.03. The number of allylic oxidation sites excluding steroid dienone is 1. The van der Waals surface area contributed by atoms with Gasteiger partial charge in [-0.05, 0) is 6.42 Å². The lowest BCUT2D eigenvalue weighted by atomic mass is 10.2. The monoisotopic (exact) mass is 162 g/mol. The topological polar surface area (TPSA) is 70.1 Å². The summed E-state index contributed by atoms with van der Waals surface area (Å²) < 4.78 is 0. The van der Waals surface area contributed by atoms with Crippen molar-refractivity contribution in [3.05, 3.63) is 11.3 Å². The molecule has 0 heterocycles. The molecule has 0 bridgehead atoms. The Morgan fingerprint density at radius 2 is 2.20 bits per heavy atom. The molecular formula is C6H11ClN2O. The van der Waals surface area contributed by atoms with Crippen LogP contribution in [0.25, 0.3) is 0 Å². The number of hydrogen-bond acceptors (Lipinski definition) is 3. The van der Waals surface area contributed by atoms with Crippen molar-refractivity contribution in [1.29, 1.82) is 5.41 Å². The predicted molar refractivity (Wildman–Crippen MR) is 42.2 cm³/mol. The molecule has 10 heavy (non-hydrogen) atoms. The molecule has 0 aromatic heterocycles. The Morgan fingerprint density at radius 3 is 2.30 bits per heavy atom. The zero-order valence-corrected chi connectivity index (χ0v) is 6.57. The molecule has 0 atom stereocenters. The van der Waals surface area contributed by atoms with Crippen LogP contribution in [0, 0.1) is 5.41 Å². The fourth-order valence-corrected chi connectivity index (χ4v) is 0.706. The van der Waals surface area contributed by atoms with Crippen molar-refractivity contribution in [2.75, 3.05) is 6.61 Å². The zero-order chi connectivity index (χ0) is 8.15. The van der Waals surface area contributed by atoms with E-state index in [1.165, 1.54) is 0 Å². The molecule has 3 nitrogen and oxygen atoms in total. The van der Waals surface area contributed by atoms with Gasteiger partial charge in [0, 0.05) is 11.3 Å². The van der Waals surface area contributed by atoms with E-state index in [9.17, 15) is 0 Å². The minimum atomic E-state index is -0.262. The highest BCUT2D eigenvalue weighted by atomic mass is 35.5. The highest BCUT2D eigenvalue weighted by molar-refractivity contribution is 6.68. The lowest BCUT2D eigenvalue weighted by Crippen LogP contribution is -2.09. The van der Waals surface area contributed by atoms with Crippen molar-refractivity contribution in [3.8, 4) is 0 Å². The smallest absolute Gasteiger partial charge is 0.128 e. The molecule has 0 unspecified atom stereocenters. The average molecular weight is 163 g/mol. The Morgan fingerprint density at radius 1 is 1.70 bits per heavy atom. The summed E-state index contributed by atoms with van der Waals surface area (Å²) in [5, 5.41) is 15.4. The fourth-order valence-electron chi connectivity index (χ4n) is 0.525. The minimum Gasteiger partial charge on any atom is -0.402 e. The third kappa shape index (κ3) is 2.37. The van der Waals surface area contributed by atoms with Gasteiger partial charge in [0.2, 0.25) is 0 Å². The first-order valence-corrected chi connectivity index (χ1v) is 3.34. The number of halogens is 1. The quantitative estimate of drug-likeness (QED) is 0.538. The molecule has 0 aliphatic carbocycles. The molecule has 0 radical (unpaired) electrons. The van der Waals surface area contributed by atoms with E-state index in [0.29, 0.717) is 17.7 Å². The predicted octanol–water partition coefficient (Wildman–Crippen LogP) is 0.818. The standard InChI is InChI=1S/C6H11ClN2O/c1-2-5(8)4(3-10)6(7)9/h9-10H,2-3,8H2,1H3. The Bertz CT molecular complexity index is 165. The van der Waals surface area contributed by atoms with Gasteiger partial charge < -0.3 is 10.8 Å². The van der Waals surface area contributed by atoms with Crippen molar-refractivity contribution >= 4 is 16.8 Å². The number of aliphatic hydroxyl groups excluding tert-OH is 1. The first-order chi connectivity index (χ1) is 4.63. The van der Waals surface area contributed by atoms with Crippen LogP contribution >= 0.6 is 11.6 Å². The molecule has 0 saturated heterocycles. The number of aliphatic hydroxyl groups is 1. The lowest BCUT2D eigenvalue weighted by molar-refractivity contribution is 0.336. The first-order valence-electron chi connectivity index (χ1n) is 2.96. The van der Waals surface area contributed by atoms with E-state index in [-0.39, 0.29) is 11.8 Å². The summed E-state index contributed by atoms with van der Waals surface area (Å²) in [6, 6.07) is 0. The second kappa shape index (κ2) is 4.30. The maximum atomic E-state index is 8.63. The molecule has 0 rings (SSSR count). The van der Waals surface area contributed by atoms with E-state index in [1.54, 1.807) is 0 Å². The van der Waals surface area contributed by atoms with E-state index in [0.717, 1.165) is 0 Å². The molecule has 0 aromatic rings. The summed E-state index contributed by atoms with van der Waals surface area (Å²) in [7, 11) is 0. The van der Waals surface area contributed by atoms with Crippen molar-refractivity contribution in [1.82, 2.24) is 0 Å². The van der Waals surface area contributed by atoms with Crippen LogP contribution in [-0.2, 0) is 0 Å². The second-order valence-electron chi connectivity index (χ2n) is 1.83. The van der Waals surface area contributed by atoms with Gasteiger partial charge in [0.1, 0.15) is 5.17 Å². The summed E-state index contributed by atoms with van der Waals surface area (Å²) in [5.74, 6) is 0. The van der Waals surface area contributed by atoms with E-state index < -0.39 is 0 Å². The highest BCUT2D eigenvalue weighted by Crippen LogP contribution is 2.05. The maximum Gasteiger partial charge on any atom is 0.128 e. The molecule has 0 aliphatic heterocycles. The van der Waals surface area contributed by atoms with Crippen LogP contribution in [0.2, 0.25) is 0 Å². The van der Waals surface area contributed by atoms with Gasteiger partial charge in [-0.3, -0.25) is 5.41 Å². The Balaban J connectivity index is 4.45. The zero-order valence-electron chi connectivity index (χ0n) is 5.82. The molecular weight excluding hydrogens is 152 g/mol. The largest absolute Gasteiger partial charge is 0.402 e. The van der Waals surface area contributed by atoms with E-state index in [1.807, 2.05) is 6.92 Å². The van der Waals surface area contributed by atoms with Gasteiger partial charge in [0.15, 0.2) is 0 Å². The van der Waals surface area contributed by atoms with Gasteiger partial charge in [0.05, 0.1) is 6.61 Å². The van der Waals surface area contributed by atoms with Crippen LogP contribution in [0.15, 0.2) is 11.3 Å². The van der Waals surface area contributed by atoms with E-state index in [4.69, 9.17) is 27.9 Å². The molecule has 0 aliphatic rings. The molecule has 58 valence electrons. The summed E-state index contributed by atoms with van der Waals surface area (Å²) in [5.41, 5.74) is 6.22. The molecule has 0 aromatic carbocycles. The summed E-state index contributed by atoms with van der Waals surface area (Å²) in [6.07, 6.45) is 0.602. The van der Waals surface area contributed by atoms with Gasteiger partial charge in [-0.15, -0.1) is 0 Å². The second-order valence-corrected chi connectivity index (χ2v) is 2.21. The first kappa shape index (κ1) is 9.46.